The van der Waals surface area contributed by atoms with E-state index in [1.165, 1.54) is 11.8 Å². The monoisotopic (exact) mass is 262 g/mol. The Morgan fingerprint density at radius 2 is 1.94 bits per heavy atom. The van der Waals surface area contributed by atoms with Crippen molar-refractivity contribution >= 4 is 12.0 Å². The average Bonchev–Trinajstić information content (AvgIpc) is 2.30. The number of rotatable bonds is 8. The Hall–Kier alpha value is -1.34. The maximum atomic E-state index is 11.8. The fourth-order valence-corrected chi connectivity index (χ4v) is 1.40. The van der Waals surface area contributed by atoms with Crippen LogP contribution in [-0.2, 0) is 4.79 Å². The van der Waals surface area contributed by atoms with Crippen molar-refractivity contribution in [2.75, 3.05) is 19.7 Å². The minimum absolute atomic E-state index is 0.137. The number of hydrogen-bond donors (Lipinski definition) is 4. The topological polar surface area (TPSA) is 110 Å². The predicted octanol–water partition coefficient (Wildman–Crippen LogP) is -0.376. The summed E-state index contributed by atoms with van der Waals surface area (Å²) >= 11 is 0. The Kier molecular flexibility index (Phi) is 8.06. The highest BCUT2D eigenvalue weighted by Gasteiger charge is 2.26. The summed E-state index contributed by atoms with van der Waals surface area (Å²) in [6.45, 7) is 3.64. The van der Waals surface area contributed by atoms with Gasteiger partial charge in [0.2, 0.25) is 0 Å². The first-order chi connectivity index (χ1) is 8.43. The lowest BCUT2D eigenvalue weighted by Crippen LogP contribution is -2.53. The van der Waals surface area contributed by atoms with Gasteiger partial charge in [0.15, 0.2) is 6.04 Å². The second kappa shape index (κ2) is 8.71. The van der Waals surface area contributed by atoms with Gasteiger partial charge in [0.05, 0.1) is 12.7 Å². The molecule has 0 aliphatic carbocycles. The lowest BCUT2D eigenvalue weighted by Gasteiger charge is -2.25. The van der Waals surface area contributed by atoms with Crippen molar-refractivity contribution in [3.63, 3.8) is 0 Å². The van der Waals surface area contributed by atoms with Gasteiger partial charge in [-0.05, 0) is 13.3 Å². The van der Waals surface area contributed by atoms with Crippen molar-refractivity contribution in [2.45, 2.75) is 38.8 Å². The van der Waals surface area contributed by atoms with E-state index in [1.807, 2.05) is 6.92 Å². The summed E-state index contributed by atoms with van der Waals surface area (Å²) in [7, 11) is 0. The molecule has 4 N–H and O–H groups in total. The van der Waals surface area contributed by atoms with Crippen LogP contribution >= 0.6 is 0 Å². The van der Waals surface area contributed by atoms with Gasteiger partial charge in [-0.2, -0.15) is 0 Å². The van der Waals surface area contributed by atoms with E-state index in [4.69, 9.17) is 10.2 Å². The summed E-state index contributed by atoms with van der Waals surface area (Å²) in [6.07, 6.45) is 0.460. The molecule has 0 aliphatic rings. The van der Waals surface area contributed by atoms with Crippen molar-refractivity contribution in [3.05, 3.63) is 0 Å². The third kappa shape index (κ3) is 5.83. The molecule has 0 saturated carbocycles. The zero-order valence-corrected chi connectivity index (χ0v) is 10.8. The number of hydrogen-bond acceptors (Lipinski definition) is 4. The second-order valence-electron chi connectivity index (χ2n) is 4.07. The maximum Gasteiger partial charge on any atom is 0.328 e. The van der Waals surface area contributed by atoms with E-state index in [9.17, 15) is 14.7 Å². The van der Waals surface area contributed by atoms with E-state index in [0.29, 0.717) is 6.54 Å². The molecule has 18 heavy (non-hydrogen) atoms. The first-order valence-electron chi connectivity index (χ1n) is 6.01. The number of nitrogens with one attached hydrogen (secondary N) is 1. The Labute approximate surface area is 106 Å². The molecule has 0 aliphatic heterocycles. The third-order valence-corrected chi connectivity index (χ3v) is 2.47. The molecule has 7 nitrogen and oxygen atoms in total. The molecule has 7 heteroatoms. The first-order valence-corrected chi connectivity index (χ1v) is 6.01. The Balaban J connectivity index is 4.50. The molecule has 0 saturated heterocycles. The van der Waals surface area contributed by atoms with Gasteiger partial charge in [0, 0.05) is 13.1 Å². The largest absolute Gasteiger partial charge is 0.480 e. The molecule has 0 aromatic rings. The highest BCUT2D eigenvalue weighted by atomic mass is 16.4. The lowest BCUT2D eigenvalue weighted by molar-refractivity contribution is -0.141. The van der Waals surface area contributed by atoms with E-state index >= 15 is 0 Å². The number of carboxylic acid groups (broad SMARTS) is 1. The van der Waals surface area contributed by atoms with Crippen LogP contribution in [0.2, 0.25) is 0 Å². The van der Waals surface area contributed by atoms with Gasteiger partial charge >= 0.3 is 12.0 Å². The molecule has 0 bridgehead atoms. The van der Waals surface area contributed by atoms with Crippen LogP contribution in [0, 0.1) is 0 Å². The van der Waals surface area contributed by atoms with Crippen LogP contribution in [0.4, 0.5) is 4.79 Å². The molecule has 0 aromatic heterocycles. The van der Waals surface area contributed by atoms with Crippen LogP contribution in [0.25, 0.3) is 0 Å². The van der Waals surface area contributed by atoms with Crippen molar-refractivity contribution in [1.82, 2.24) is 10.2 Å². The highest BCUT2D eigenvalue weighted by Crippen LogP contribution is 1.99. The molecule has 0 heterocycles. The summed E-state index contributed by atoms with van der Waals surface area (Å²) in [5.41, 5.74) is 0. The van der Waals surface area contributed by atoms with Crippen LogP contribution in [0.1, 0.15) is 26.7 Å². The van der Waals surface area contributed by atoms with Crippen molar-refractivity contribution in [3.8, 4) is 0 Å². The molecule has 0 spiro atoms. The smallest absolute Gasteiger partial charge is 0.328 e. The summed E-state index contributed by atoms with van der Waals surface area (Å²) in [5, 5.41) is 29.2. The van der Waals surface area contributed by atoms with Gasteiger partial charge in [-0.25, -0.2) is 9.59 Å². The number of urea groups is 1. The molecule has 2 atom stereocenters. The number of unbranched alkanes of at least 4 members (excludes halogenated alkanes) is 1. The number of carbonyl (C=O) groups excluding carboxylic acids is 1. The Morgan fingerprint density at radius 3 is 2.33 bits per heavy atom. The van der Waals surface area contributed by atoms with Gasteiger partial charge < -0.3 is 25.5 Å². The highest BCUT2D eigenvalue weighted by molar-refractivity contribution is 5.83. The average molecular weight is 262 g/mol. The normalized spacial score (nSPS) is 13.8. The van der Waals surface area contributed by atoms with Crippen molar-refractivity contribution in [2.24, 2.45) is 0 Å². The number of aliphatic carboxylic acids is 1. The number of aliphatic hydroxyl groups excluding tert-OH is 2. The molecular weight excluding hydrogens is 240 g/mol. The number of amides is 2. The molecular formula is C11H22N2O5. The number of aliphatic hydroxyl groups is 2. The molecule has 2 amide bonds. The first kappa shape index (κ1) is 16.7. The van der Waals surface area contributed by atoms with E-state index in [0.717, 1.165) is 12.8 Å². The number of carbonyl (C=O) groups is 2. The summed E-state index contributed by atoms with van der Waals surface area (Å²) in [5.74, 6) is -1.29. The number of carboxylic acids is 1. The van der Waals surface area contributed by atoms with Gasteiger partial charge in [0.1, 0.15) is 0 Å². The van der Waals surface area contributed by atoms with Gasteiger partial charge in [-0.1, -0.05) is 13.3 Å². The van der Waals surface area contributed by atoms with E-state index in [-0.39, 0.29) is 13.2 Å². The van der Waals surface area contributed by atoms with Crippen LogP contribution in [0.3, 0.4) is 0 Å². The quantitative estimate of drug-likeness (QED) is 0.477. The van der Waals surface area contributed by atoms with Crippen molar-refractivity contribution < 1.29 is 24.9 Å². The molecule has 0 aromatic carbocycles. The van der Waals surface area contributed by atoms with Gasteiger partial charge in [0.25, 0.3) is 0 Å². The molecule has 0 unspecified atom stereocenters. The summed E-state index contributed by atoms with van der Waals surface area (Å²) in [4.78, 5) is 24.0. The van der Waals surface area contributed by atoms with Crippen molar-refractivity contribution in [1.29, 1.82) is 0 Å². The summed E-state index contributed by atoms with van der Waals surface area (Å²) in [6, 6.07) is -1.94. The zero-order chi connectivity index (χ0) is 14.1. The third-order valence-electron chi connectivity index (χ3n) is 2.47. The zero-order valence-electron chi connectivity index (χ0n) is 10.8. The predicted molar refractivity (Wildman–Crippen MR) is 65.2 cm³/mol. The molecule has 0 fully saturated rings. The van der Waals surface area contributed by atoms with Crippen LogP contribution < -0.4 is 5.32 Å². The van der Waals surface area contributed by atoms with Crippen LogP contribution in [0.5, 0.6) is 0 Å². The lowest BCUT2D eigenvalue weighted by atomic mass is 10.2. The van der Waals surface area contributed by atoms with E-state index in [2.05, 4.69) is 5.32 Å². The summed E-state index contributed by atoms with van der Waals surface area (Å²) < 4.78 is 0. The molecule has 0 rings (SSSR count). The number of nitrogens with zero attached hydrogens (tertiary/aromatic N) is 1. The molecule has 106 valence electrons. The van der Waals surface area contributed by atoms with Crippen LogP contribution in [0.15, 0.2) is 0 Å². The van der Waals surface area contributed by atoms with E-state index in [1.54, 1.807) is 0 Å². The SMILES string of the molecule is CCCCN(CCO)C(=O)N[C@H](C(=O)O)[C@@H](C)O. The Morgan fingerprint density at radius 1 is 1.33 bits per heavy atom. The fourth-order valence-electron chi connectivity index (χ4n) is 1.40. The van der Waals surface area contributed by atoms with Crippen LogP contribution in [-0.4, -0.2) is 64.1 Å². The minimum atomic E-state index is -1.35. The second-order valence-corrected chi connectivity index (χ2v) is 4.07. The van der Waals surface area contributed by atoms with Gasteiger partial charge in [-0.3, -0.25) is 0 Å². The maximum absolute atomic E-state index is 11.8. The minimum Gasteiger partial charge on any atom is -0.480 e. The molecule has 0 radical (unpaired) electrons. The Bertz CT molecular complexity index is 270. The van der Waals surface area contributed by atoms with Gasteiger partial charge in [-0.15, -0.1) is 0 Å². The fraction of sp³-hybridized carbons (Fsp3) is 0.818. The van der Waals surface area contributed by atoms with E-state index < -0.39 is 24.1 Å². The standard InChI is InChI=1S/C11H22N2O5/c1-3-4-5-13(6-7-14)11(18)12-9(8(2)15)10(16)17/h8-9,14-15H,3-7H2,1-2H3,(H,12,18)(H,16,17)/t8-,9+/m1/s1.